The highest BCUT2D eigenvalue weighted by atomic mass is 16.5. The number of nitrogens with zero attached hydrogens (tertiary/aromatic N) is 1. The summed E-state index contributed by atoms with van der Waals surface area (Å²) < 4.78 is 9.57. The largest absolute Gasteiger partial charge is 0.481 e. The number of carboxylic acids is 1. The van der Waals surface area contributed by atoms with Crippen LogP contribution in [-0.4, -0.2) is 61.3 Å². The number of aliphatic carboxylic acids is 1. The lowest BCUT2D eigenvalue weighted by Crippen LogP contribution is -2.45. The predicted octanol–water partition coefficient (Wildman–Crippen LogP) is 2.17. The summed E-state index contributed by atoms with van der Waals surface area (Å²) in [5, 5.41) is 8.66. The Morgan fingerprint density at radius 1 is 1.08 bits per heavy atom. The number of unbranched alkanes of at least 4 members (excludes halogenated alkanes) is 2. The van der Waals surface area contributed by atoms with Crippen LogP contribution in [-0.2, 0) is 23.9 Å². The highest BCUT2D eigenvalue weighted by Gasteiger charge is 2.27. The molecule has 7 heteroatoms. The van der Waals surface area contributed by atoms with Crippen molar-refractivity contribution in [2.45, 2.75) is 45.1 Å². The summed E-state index contributed by atoms with van der Waals surface area (Å²) >= 11 is 0. The van der Waals surface area contributed by atoms with E-state index in [1.807, 2.05) is 31.2 Å². The van der Waals surface area contributed by atoms with E-state index in [4.69, 9.17) is 14.6 Å². The number of ether oxygens (including phenoxy) is 2. The van der Waals surface area contributed by atoms with Crippen LogP contribution < -0.4 is 0 Å². The lowest BCUT2D eigenvalue weighted by atomic mass is 10.1. The van der Waals surface area contributed by atoms with Crippen molar-refractivity contribution >= 4 is 17.9 Å². The van der Waals surface area contributed by atoms with Crippen LogP contribution in [0.25, 0.3) is 0 Å². The van der Waals surface area contributed by atoms with Crippen LogP contribution in [0.1, 0.15) is 39.0 Å². The van der Waals surface area contributed by atoms with Gasteiger partial charge < -0.3 is 14.6 Å². The van der Waals surface area contributed by atoms with E-state index in [9.17, 15) is 14.4 Å². The summed E-state index contributed by atoms with van der Waals surface area (Å²) in [5.41, 5.74) is 0. The lowest BCUT2D eigenvalue weighted by Gasteiger charge is -2.28. The van der Waals surface area contributed by atoms with E-state index in [0.717, 1.165) is 0 Å². The van der Waals surface area contributed by atoms with Gasteiger partial charge in [-0.05, 0) is 32.7 Å². The van der Waals surface area contributed by atoms with Gasteiger partial charge in [0.15, 0.2) is 0 Å². The maximum Gasteiger partial charge on any atom is 0.323 e. The zero-order chi connectivity index (χ0) is 19.1. The first-order valence-electron chi connectivity index (χ1n) is 8.34. The number of carboxylic acid groups (broad SMARTS) is 1. The van der Waals surface area contributed by atoms with E-state index in [1.165, 1.54) is 14.2 Å². The second kappa shape index (κ2) is 14.2. The molecule has 25 heavy (non-hydrogen) atoms. The van der Waals surface area contributed by atoms with Gasteiger partial charge in [0, 0.05) is 6.42 Å². The topological polar surface area (TPSA) is 93.1 Å². The zero-order valence-electron chi connectivity index (χ0n) is 15.3. The second-order valence-electron chi connectivity index (χ2n) is 5.48. The van der Waals surface area contributed by atoms with Crippen LogP contribution in [0, 0.1) is 0 Å². The molecule has 7 nitrogen and oxygen atoms in total. The molecular weight excluding hydrogens is 326 g/mol. The Morgan fingerprint density at radius 2 is 1.80 bits per heavy atom. The molecule has 0 saturated heterocycles. The summed E-state index contributed by atoms with van der Waals surface area (Å²) in [6.45, 7) is 2.35. The first kappa shape index (κ1) is 22.9. The van der Waals surface area contributed by atoms with Crippen molar-refractivity contribution < 1.29 is 29.0 Å². The number of carbonyl (C=O) groups is 3. The molecule has 0 bridgehead atoms. The molecule has 0 radical (unpaired) electrons. The number of carbonyl (C=O) groups excluding carboxylic acids is 2. The van der Waals surface area contributed by atoms with Crippen LogP contribution in [0.15, 0.2) is 24.3 Å². The van der Waals surface area contributed by atoms with Crippen molar-refractivity contribution in [3.05, 3.63) is 24.3 Å². The average Bonchev–Trinajstić information content (AvgIpc) is 2.59. The molecule has 1 unspecified atom stereocenters. The van der Waals surface area contributed by atoms with Crippen molar-refractivity contribution in [1.29, 1.82) is 0 Å². The average molecular weight is 355 g/mol. The van der Waals surface area contributed by atoms with Crippen LogP contribution in [0.4, 0.5) is 0 Å². The van der Waals surface area contributed by atoms with Gasteiger partial charge in [-0.25, -0.2) is 0 Å². The molecule has 0 heterocycles. The first-order chi connectivity index (χ1) is 12.0. The summed E-state index contributed by atoms with van der Waals surface area (Å²) in [6, 6.07) is -0.593. The van der Waals surface area contributed by atoms with Crippen LogP contribution in [0.3, 0.4) is 0 Å². The number of rotatable bonds is 13. The third kappa shape index (κ3) is 11.1. The Bertz CT molecular complexity index is 472. The molecule has 1 N–H and O–H groups in total. The normalized spacial score (nSPS) is 12.6. The molecule has 0 spiro atoms. The molecule has 0 rings (SSSR count). The summed E-state index contributed by atoms with van der Waals surface area (Å²) in [5.74, 6) is -1.68. The number of hydrogen-bond donors (Lipinski definition) is 1. The van der Waals surface area contributed by atoms with Crippen LogP contribution in [0.2, 0.25) is 0 Å². The van der Waals surface area contributed by atoms with Crippen molar-refractivity contribution in [2.24, 2.45) is 0 Å². The van der Waals surface area contributed by atoms with E-state index in [-0.39, 0.29) is 13.0 Å². The Labute approximate surface area is 149 Å². The highest BCUT2D eigenvalue weighted by molar-refractivity contribution is 5.78. The summed E-state index contributed by atoms with van der Waals surface area (Å²) in [7, 11) is 2.61. The van der Waals surface area contributed by atoms with Gasteiger partial charge in [0.2, 0.25) is 0 Å². The number of esters is 2. The van der Waals surface area contributed by atoms with E-state index in [0.29, 0.717) is 32.2 Å². The summed E-state index contributed by atoms with van der Waals surface area (Å²) in [4.78, 5) is 36.1. The maximum atomic E-state index is 12.1. The Hall–Kier alpha value is -2.15. The van der Waals surface area contributed by atoms with Crippen molar-refractivity contribution in [2.75, 3.05) is 27.3 Å². The minimum atomic E-state index is -0.826. The molecular formula is C18H29NO6. The number of methoxy groups -OCH3 is 2. The van der Waals surface area contributed by atoms with Crippen molar-refractivity contribution in [3.8, 4) is 0 Å². The van der Waals surface area contributed by atoms with E-state index in [2.05, 4.69) is 0 Å². The van der Waals surface area contributed by atoms with Gasteiger partial charge in [-0.3, -0.25) is 19.3 Å². The second-order valence-corrected chi connectivity index (χ2v) is 5.48. The van der Waals surface area contributed by atoms with Gasteiger partial charge in [-0.2, -0.15) is 0 Å². The highest BCUT2D eigenvalue weighted by Crippen LogP contribution is 2.11. The van der Waals surface area contributed by atoms with Gasteiger partial charge in [-0.15, -0.1) is 0 Å². The summed E-state index contributed by atoms with van der Waals surface area (Å²) in [6.07, 6.45) is 9.86. The van der Waals surface area contributed by atoms with E-state index >= 15 is 0 Å². The standard InChI is InChI=1S/C18H29NO6/c1-4-5-6-8-11-15(18(23)25-3)19(14-17(22)24-2)13-10-7-9-12-16(20)21/h4-6,8,15H,7,9-14H2,1-3H3,(H,20,21)/b5-4+,8-6+. The Morgan fingerprint density at radius 3 is 2.36 bits per heavy atom. The predicted molar refractivity (Wildman–Crippen MR) is 94.1 cm³/mol. The molecule has 0 aromatic carbocycles. The van der Waals surface area contributed by atoms with Gasteiger partial charge in [0.1, 0.15) is 6.04 Å². The van der Waals surface area contributed by atoms with Gasteiger partial charge in [0.05, 0.1) is 20.8 Å². The molecule has 0 aromatic heterocycles. The van der Waals surface area contributed by atoms with Crippen molar-refractivity contribution in [1.82, 2.24) is 4.90 Å². The fourth-order valence-electron chi connectivity index (χ4n) is 2.27. The molecule has 1 atom stereocenters. The first-order valence-corrected chi connectivity index (χ1v) is 8.34. The van der Waals surface area contributed by atoms with Crippen molar-refractivity contribution in [3.63, 3.8) is 0 Å². The van der Waals surface area contributed by atoms with Crippen LogP contribution in [0.5, 0.6) is 0 Å². The molecule has 0 amide bonds. The maximum absolute atomic E-state index is 12.1. The third-order valence-electron chi connectivity index (χ3n) is 3.61. The quantitative estimate of drug-likeness (QED) is 0.307. The molecule has 0 aliphatic carbocycles. The number of hydrogen-bond acceptors (Lipinski definition) is 6. The van der Waals surface area contributed by atoms with Gasteiger partial charge >= 0.3 is 17.9 Å². The van der Waals surface area contributed by atoms with E-state index in [1.54, 1.807) is 4.90 Å². The Kier molecular flexibility index (Phi) is 13.0. The van der Waals surface area contributed by atoms with Gasteiger partial charge in [0.25, 0.3) is 0 Å². The molecule has 0 aliphatic heterocycles. The minimum absolute atomic E-state index is 0.0212. The fraction of sp³-hybridized carbons (Fsp3) is 0.611. The fourth-order valence-corrected chi connectivity index (χ4v) is 2.27. The smallest absolute Gasteiger partial charge is 0.323 e. The monoisotopic (exact) mass is 355 g/mol. The lowest BCUT2D eigenvalue weighted by molar-refractivity contribution is -0.150. The molecule has 0 saturated carbocycles. The SMILES string of the molecule is C/C=C/C=C/CC(C(=O)OC)N(CCCCCC(=O)O)CC(=O)OC. The molecule has 142 valence electrons. The number of allylic oxidation sites excluding steroid dienone is 3. The third-order valence-corrected chi connectivity index (χ3v) is 3.61. The van der Waals surface area contributed by atoms with E-state index < -0.39 is 23.9 Å². The molecule has 0 fully saturated rings. The molecule has 0 aliphatic rings. The minimum Gasteiger partial charge on any atom is -0.481 e. The van der Waals surface area contributed by atoms with Gasteiger partial charge in [-0.1, -0.05) is 30.7 Å². The zero-order valence-corrected chi connectivity index (χ0v) is 15.3. The molecule has 0 aromatic rings. The van der Waals surface area contributed by atoms with Crippen LogP contribution >= 0.6 is 0 Å². The Balaban J connectivity index is 4.89.